The lowest BCUT2D eigenvalue weighted by Crippen LogP contribution is -2.52. The SMILES string of the molecule is CCC[C@]1(CO)CCN(Cc2ccc(OC)c(OC)c2Cl)C[C@H]1O. The van der Waals surface area contributed by atoms with Crippen LogP contribution in [0.1, 0.15) is 31.7 Å². The fourth-order valence-corrected chi connectivity index (χ4v) is 3.86. The molecule has 0 radical (unpaired) electrons. The van der Waals surface area contributed by atoms with E-state index in [9.17, 15) is 10.2 Å². The van der Waals surface area contributed by atoms with E-state index >= 15 is 0 Å². The summed E-state index contributed by atoms with van der Waals surface area (Å²) < 4.78 is 10.6. The first-order valence-electron chi connectivity index (χ1n) is 8.42. The lowest BCUT2D eigenvalue weighted by atomic mass is 9.73. The predicted molar refractivity (Wildman–Crippen MR) is 94.9 cm³/mol. The Labute approximate surface area is 149 Å². The van der Waals surface area contributed by atoms with Gasteiger partial charge in [-0.15, -0.1) is 0 Å². The predicted octanol–water partition coefficient (Wildman–Crippen LogP) is 2.70. The Balaban J connectivity index is 2.11. The van der Waals surface area contributed by atoms with Crippen molar-refractivity contribution in [3.8, 4) is 11.5 Å². The first-order valence-corrected chi connectivity index (χ1v) is 8.79. The number of rotatable bonds is 7. The number of methoxy groups -OCH3 is 2. The normalized spacial score (nSPS) is 24.8. The summed E-state index contributed by atoms with van der Waals surface area (Å²) in [4.78, 5) is 2.17. The zero-order valence-electron chi connectivity index (χ0n) is 14.7. The van der Waals surface area contributed by atoms with Gasteiger partial charge >= 0.3 is 0 Å². The van der Waals surface area contributed by atoms with Gasteiger partial charge in [-0.05, 0) is 31.0 Å². The average molecular weight is 358 g/mol. The van der Waals surface area contributed by atoms with Crippen molar-refractivity contribution in [1.29, 1.82) is 0 Å². The molecule has 0 spiro atoms. The number of aliphatic hydroxyl groups is 2. The minimum Gasteiger partial charge on any atom is -0.493 e. The van der Waals surface area contributed by atoms with Gasteiger partial charge in [0.1, 0.15) is 0 Å². The molecule has 0 aliphatic carbocycles. The van der Waals surface area contributed by atoms with E-state index in [-0.39, 0.29) is 12.0 Å². The summed E-state index contributed by atoms with van der Waals surface area (Å²) in [7, 11) is 3.15. The van der Waals surface area contributed by atoms with Gasteiger partial charge in [-0.3, -0.25) is 4.90 Å². The Kier molecular flexibility index (Phi) is 6.75. The van der Waals surface area contributed by atoms with E-state index in [1.165, 1.54) is 0 Å². The van der Waals surface area contributed by atoms with Gasteiger partial charge < -0.3 is 19.7 Å². The van der Waals surface area contributed by atoms with E-state index in [1.807, 2.05) is 12.1 Å². The molecule has 2 N–H and O–H groups in total. The smallest absolute Gasteiger partial charge is 0.179 e. The second-order valence-corrected chi connectivity index (χ2v) is 6.92. The van der Waals surface area contributed by atoms with Crippen LogP contribution in [-0.4, -0.2) is 55.1 Å². The lowest BCUT2D eigenvalue weighted by Gasteiger charge is -2.44. The summed E-state index contributed by atoms with van der Waals surface area (Å²) >= 11 is 6.45. The standard InChI is InChI=1S/C18H28ClNO4/c1-4-7-18(12-21)8-9-20(11-15(18)22)10-13-5-6-14(23-2)17(24-3)16(13)19/h5-6,15,21-22H,4,7-12H2,1-3H3/t15-,18-/m1/s1. The number of likely N-dealkylation sites (tertiary alicyclic amines) is 1. The van der Waals surface area contributed by atoms with E-state index in [0.717, 1.165) is 31.4 Å². The van der Waals surface area contributed by atoms with Gasteiger partial charge in [0.15, 0.2) is 11.5 Å². The highest BCUT2D eigenvalue weighted by Crippen LogP contribution is 2.40. The summed E-state index contributed by atoms with van der Waals surface area (Å²) in [6.45, 7) is 4.10. The number of halogens is 1. The van der Waals surface area contributed by atoms with Crippen LogP contribution in [0.3, 0.4) is 0 Å². The minimum atomic E-state index is -0.532. The van der Waals surface area contributed by atoms with Crippen LogP contribution in [0.15, 0.2) is 12.1 Å². The molecule has 0 bridgehead atoms. The van der Waals surface area contributed by atoms with Crippen LogP contribution in [-0.2, 0) is 6.54 Å². The maximum Gasteiger partial charge on any atom is 0.179 e. The Morgan fingerprint density at radius 1 is 1.33 bits per heavy atom. The van der Waals surface area contributed by atoms with E-state index in [0.29, 0.717) is 29.6 Å². The summed E-state index contributed by atoms with van der Waals surface area (Å²) in [6.07, 6.45) is 2.05. The summed E-state index contributed by atoms with van der Waals surface area (Å²) in [5, 5.41) is 20.9. The van der Waals surface area contributed by atoms with Gasteiger partial charge in [-0.1, -0.05) is 31.0 Å². The number of ether oxygens (including phenoxy) is 2. The van der Waals surface area contributed by atoms with Crippen LogP contribution in [0.25, 0.3) is 0 Å². The van der Waals surface area contributed by atoms with Crippen LogP contribution in [0, 0.1) is 5.41 Å². The third-order valence-corrected chi connectivity index (χ3v) is 5.50. The van der Waals surface area contributed by atoms with Crippen LogP contribution >= 0.6 is 11.6 Å². The highest BCUT2D eigenvalue weighted by Gasteiger charge is 2.41. The maximum atomic E-state index is 10.6. The highest BCUT2D eigenvalue weighted by atomic mass is 35.5. The molecule has 136 valence electrons. The van der Waals surface area contributed by atoms with Crippen LogP contribution < -0.4 is 9.47 Å². The summed E-state index contributed by atoms with van der Waals surface area (Å²) in [5.74, 6) is 1.14. The van der Waals surface area contributed by atoms with Gasteiger partial charge in [0.25, 0.3) is 0 Å². The van der Waals surface area contributed by atoms with Gasteiger partial charge in [-0.2, -0.15) is 0 Å². The molecule has 0 amide bonds. The Bertz CT molecular complexity index is 554. The summed E-state index contributed by atoms with van der Waals surface area (Å²) in [6, 6.07) is 3.77. The second-order valence-electron chi connectivity index (χ2n) is 6.55. The van der Waals surface area contributed by atoms with Crippen LogP contribution in [0.4, 0.5) is 0 Å². The van der Waals surface area contributed by atoms with Gasteiger partial charge in [0.2, 0.25) is 0 Å². The molecule has 0 aromatic heterocycles. The average Bonchev–Trinajstić information content (AvgIpc) is 2.59. The zero-order valence-corrected chi connectivity index (χ0v) is 15.5. The Morgan fingerprint density at radius 2 is 2.08 bits per heavy atom. The molecule has 2 atom stereocenters. The van der Waals surface area contributed by atoms with Crippen LogP contribution in [0.5, 0.6) is 11.5 Å². The molecule has 1 aliphatic rings. The molecule has 1 aromatic rings. The third kappa shape index (κ3) is 3.80. The third-order valence-electron chi connectivity index (χ3n) is 5.09. The fraction of sp³-hybridized carbons (Fsp3) is 0.667. The van der Waals surface area contributed by atoms with Gasteiger partial charge in [-0.25, -0.2) is 0 Å². The lowest BCUT2D eigenvalue weighted by molar-refractivity contribution is -0.0802. The number of hydrogen-bond acceptors (Lipinski definition) is 5. The van der Waals surface area contributed by atoms with Crippen molar-refractivity contribution in [3.05, 3.63) is 22.7 Å². The minimum absolute atomic E-state index is 0.0347. The van der Waals surface area contributed by atoms with E-state index in [2.05, 4.69) is 11.8 Å². The maximum absolute atomic E-state index is 10.6. The molecular weight excluding hydrogens is 330 g/mol. The van der Waals surface area contributed by atoms with Crippen LogP contribution in [0.2, 0.25) is 5.02 Å². The van der Waals surface area contributed by atoms with E-state index in [4.69, 9.17) is 21.1 Å². The quantitative estimate of drug-likeness (QED) is 0.785. The van der Waals surface area contributed by atoms with Crippen molar-refractivity contribution in [1.82, 2.24) is 4.90 Å². The molecule has 24 heavy (non-hydrogen) atoms. The molecule has 1 fully saturated rings. The van der Waals surface area contributed by atoms with Crippen molar-refractivity contribution in [3.63, 3.8) is 0 Å². The topological polar surface area (TPSA) is 62.2 Å². The monoisotopic (exact) mass is 357 g/mol. The molecule has 6 heteroatoms. The molecule has 0 unspecified atom stereocenters. The van der Waals surface area contributed by atoms with Crippen molar-refractivity contribution < 1.29 is 19.7 Å². The van der Waals surface area contributed by atoms with Crippen molar-refractivity contribution in [2.45, 2.75) is 38.8 Å². The largest absolute Gasteiger partial charge is 0.493 e. The van der Waals surface area contributed by atoms with Crippen molar-refractivity contribution in [2.75, 3.05) is 33.9 Å². The van der Waals surface area contributed by atoms with E-state index in [1.54, 1.807) is 14.2 Å². The number of nitrogens with zero attached hydrogens (tertiary/aromatic N) is 1. The number of piperidine rings is 1. The molecule has 2 rings (SSSR count). The van der Waals surface area contributed by atoms with Crippen molar-refractivity contribution >= 4 is 11.6 Å². The fourth-order valence-electron chi connectivity index (χ4n) is 3.57. The Hall–Kier alpha value is -1.01. The first kappa shape index (κ1) is 19.3. The number of hydrogen-bond donors (Lipinski definition) is 2. The number of aliphatic hydroxyl groups excluding tert-OH is 2. The van der Waals surface area contributed by atoms with E-state index < -0.39 is 6.10 Å². The Morgan fingerprint density at radius 3 is 2.62 bits per heavy atom. The molecule has 1 saturated heterocycles. The molecule has 1 heterocycles. The second kappa shape index (κ2) is 8.39. The van der Waals surface area contributed by atoms with Gasteiger partial charge in [0.05, 0.1) is 32.0 Å². The highest BCUT2D eigenvalue weighted by molar-refractivity contribution is 6.33. The summed E-state index contributed by atoms with van der Waals surface area (Å²) in [5.41, 5.74) is 0.570. The molecular formula is C18H28ClNO4. The molecule has 0 saturated carbocycles. The van der Waals surface area contributed by atoms with Gasteiger partial charge in [0, 0.05) is 18.5 Å². The molecule has 1 aliphatic heterocycles. The number of benzene rings is 1. The van der Waals surface area contributed by atoms with Crippen molar-refractivity contribution in [2.24, 2.45) is 5.41 Å². The first-order chi connectivity index (χ1) is 11.5. The zero-order chi connectivity index (χ0) is 17.7. The number of β-amino-alcohol motifs (C(OH)–C–C–N with tert-alkyl or cyclic N) is 1. The molecule has 1 aromatic carbocycles. The molecule has 5 nitrogen and oxygen atoms in total.